The normalized spacial score (nSPS) is 13.1. The molecule has 0 atom stereocenters. The molecule has 2 aromatic heterocycles. The molecule has 1 amide bonds. The number of nitrogens with zero attached hydrogens (tertiary/aromatic N) is 5. The highest BCUT2D eigenvalue weighted by Crippen LogP contribution is 2.32. The number of carbonyl (C=O) groups excluding carboxylic acids is 1. The summed E-state index contributed by atoms with van der Waals surface area (Å²) in [5.74, 6) is 1.34. The summed E-state index contributed by atoms with van der Waals surface area (Å²) in [5, 5.41) is 7.96. The molecule has 0 radical (unpaired) electrons. The summed E-state index contributed by atoms with van der Waals surface area (Å²) in [5.41, 5.74) is 1.01. The number of amides is 1. The van der Waals surface area contributed by atoms with E-state index in [2.05, 4.69) is 20.3 Å². The second-order valence-electron chi connectivity index (χ2n) is 5.53. The van der Waals surface area contributed by atoms with Gasteiger partial charge in [0, 0.05) is 35.7 Å². The molecule has 24 heavy (non-hydrogen) atoms. The quantitative estimate of drug-likeness (QED) is 0.791. The van der Waals surface area contributed by atoms with Gasteiger partial charge in [-0.3, -0.25) is 4.79 Å². The van der Waals surface area contributed by atoms with Gasteiger partial charge in [0.15, 0.2) is 5.82 Å². The lowest BCUT2D eigenvalue weighted by Crippen LogP contribution is -2.18. The summed E-state index contributed by atoms with van der Waals surface area (Å²) < 4.78 is 3.59. The van der Waals surface area contributed by atoms with Crippen molar-refractivity contribution in [2.24, 2.45) is 0 Å². The number of nitrogens with one attached hydrogen (secondary N) is 1. The third-order valence-electron chi connectivity index (χ3n) is 3.84. The van der Waals surface area contributed by atoms with Crippen molar-refractivity contribution in [1.82, 2.24) is 19.3 Å². The Bertz CT molecular complexity index is 873. The van der Waals surface area contributed by atoms with Crippen LogP contribution in [0.3, 0.4) is 0 Å². The Morgan fingerprint density at radius 3 is 3.00 bits per heavy atom. The number of carbonyl (C=O) groups is 1. The number of imidazole rings is 1. The van der Waals surface area contributed by atoms with E-state index >= 15 is 0 Å². The topological polar surface area (TPSA) is 68.0 Å². The number of hydrogen-bond donors (Lipinski definition) is 1. The molecule has 0 unspecified atom stereocenters. The highest BCUT2D eigenvalue weighted by molar-refractivity contribution is 6.30. The van der Waals surface area contributed by atoms with Crippen LogP contribution in [0, 0.1) is 0 Å². The average molecular weight is 343 g/mol. The van der Waals surface area contributed by atoms with Crippen molar-refractivity contribution in [1.29, 1.82) is 0 Å². The van der Waals surface area contributed by atoms with Crippen LogP contribution >= 0.6 is 11.6 Å². The van der Waals surface area contributed by atoms with Gasteiger partial charge in [-0.1, -0.05) is 17.7 Å². The minimum Gasteiger partial charge on any atom is -0.328 e. The molecule has 1 N–H and O–H groups in total. The third-order valence-corrected chi connectivity index (χ3v) is 4.08. The lowest BCUT2D eigenvalue weighted by atomic mass is 10.3. The van der Waals surface area contributed by atoms with Gasteiger partial charge in [-0.25, -0.2) is 9.67 Å². The van der Waals surface area contributed by atoms with Crippen LogP contribution in [0.15, 0.2) is 49.1 Å². The fraction of sp³-hybridized carbons (Fsp3) is 0.188. The van der Waals surface area contributed by atoms with Crippen molar-refractivity contribution in [3.05, 3.63) is 54.1 Å². The number of anilines is 3. The monoisotopic (exact) mass is 342 g/mol. The van der Waals surface area contributed by atoms with Crippen molar-refractivity contribution in [2.75, 3.05) is 16.8 Å². The number of halogens is 1. The van der Waals surface area contributed by atoms with Crippen molar-refractivity contribution in [3.8, 4) is 0 Å². The van der Waals surface area contributed by atoms with Crippen LogP contribution in [0.1, 0.15) is 0 Å². The lowest BCUT2D eigenvalue weighted by Gasteiger charge is -2.17. The predicted molar refractivity (Wildman–Crippen MR) is 91.5 cm³/mol. The molecule has 0 spiro atoms. The van der Waals surface area contributed by atoms with Crippen LogP contribution in [0.25, 0.3) is 0 Å². The van der Waals surface area contributed by atoms with E-state index in [1.807, 2.05) is 35.0 Å². The highest BCUT2D eigenvalue weighted by Gasteiger charge is 2.23. The van der Waals surface area contributed by atoms with Crippen LogP contribution in [-0.2, 0) is 17.9 Å². The largest absolute Gasteiger partial charge is 0.328 e. The van der Waals surface area contributed by atoms with Crippen molar-refractivity contribution < 1.29 is 4.79 Å². The second kappa shape index (κ2) is 6.01. The molecule has 3 aromatic rings. The molecule has 0 fully saturated rings. The molecule has 0 saturated carbocycles. The molecular formula is C16H15ClN6O. The summed E-state index contributed by atoms with van der Waals surface area (Å²) in [6.45, 7) is 1.80. The van der Waals surface area contributed by atoms with E-state index in [4.69, 9.17) is 11.6 Å². The van der Waals surface area contributed by atoms with Crippen molar-refractivity contribution >= 4 is 34.8 Å². The van der Waals surface area contributed by atoms with Gasteiger partial charge in [-0.2, -0.15) is 5.10 Å². The first-order valence-corrected chi connectivity index (χ1v) is 7.93. The van der Waals surface area contributed by atoms with E-state index in [9.17, 15) is 4.79 Å². The maximum absolute atomic E-state index is 12.1. The molecule has 0 aliphatic carbocycles. The minimum atomic E-state index is -0.140. The Morgan fingerprint density at radius 2 is 2.21 bits per heavy atom. The van der Waals surface area contributed by atoms with Crippen LogP contribution in [0.5, 0.6) is 0 Å². The Balaban J connectivity index is 1.51. The van der Waals surface area contributed by atoms with Gasteiger partial charge in [0.25, 0.3) is 0 Å². The molecule has 0 saturated heterocycles. The van der Waals surface area contributed by atoms with Crippen LogP contribution in [0.4, 0.5) is 17.3 Å². The van der Waals surface area contributed by atoms with Gasteiger partial charge >= 0.3 is 0 Å². The lowest BCUT2D eigenvalue weighted by molar-refractivity contribution is -0.116. The molecule has 0 bridgehead atoms. The van der Waals surface area contributed by atoms with Gasteiger partial charge in [-0.05, 0) is 18.2 Å². The first-order chi connectivity index (χ1) is 11.7. The maximum atomic E-state index is 12.1. The fourth-order valence-corrected chi connectivity index (χ4v) is 2.98. The minimum absolute atomic E-state index is 0.140. The summed E-state index contributed by atoms with van der Waals surface area (Å²) >= 11 is 6.08. The second-order valence-corrected chi connectivity index (χ2v) is 5.96. The first kappa shape index (κ1) is 14.8. The Hall–Kier alpha value is -2.80. The first-order valence-electron chi connectivity index (χ1n) is 7.55. The highest BCUT2D eigenvalue weighted by atomic mass is 35.5. The van der Waals surface area contributed by atoms with Crippen LogP contribution < -0.4 is 10.2 Å². The van der Waals surface area contributed by atoms with Gasteiger partial charge < -0.3 is 14.8 Å². The third kappa shape index (κ3) is 2.85. The summed E-state index contributed by atoms with van der Waals surface area (Å²) in [4.78, 5) is 18.1. The summed E-state index contributed by atoms with van der Waals surface area (Å²) in [7, 11) is 0. The van der Waals surface area contributed by atoms with Gasteiger partial charge in [0.2, 0.25) is 5.91 Å². The van der Waals surface area contributed by atoms with Gasteiger partial charge in [0.1, 0.15) is 12.4 Å². The predicted octanol–water partition coefficient (Wildman–Crippen LogP) is 2.52. The molecule has 122 valence electrons. The van der Waals surface area contributed by atoms with Gasteiger partial charge in [-0.15, -0.1) is 0 Å². The van der Waals surface area contributed by atoms with E-state index in [-0.39, 0.29) is 12.5 Å². The Morgan fingerprint density at radius 1 is 1.29 bits per heavy atom. The van der Waals surface area contributed by atoms with Gasteiger partial charge in [0.05, 0.1) is 12.9 Å². The number of benzene rings is 1. The zero-order valence-electron chi connectivity index (χ0n) is 12.8. The molecule has 1 aromatic carbocycles. The number of fused-ring (bicyclic) bond motifs is 1. The number of hydrogen-bond acceptors (Lipinski definition) is 4. The van der Waals surface area contributed by atoms with E-state index in [1.165, 1.54) is 0 Å². The number of rotatable bonds is 4. The van der Waals surface area contributed by atoms with E-state index in [0.717, 1.165) is 24.6 Å². The van der Waals surface area contributed by atoms with Crippen LogP contribution in [0.2, 0.25) is 5.02 Å². The van der Waals surface area contributed by atoms with E-state index in [1.54, 1.807) is 23.3 Å². The van der Waals surface area contributed by atoms with E-state index in [0.29, 0.717) is 10.8 Å². The van der Waals surface area contributed by atoms with Crippen LogP contribution in [-0.4, -0.2) is 31.8 Å². The average Bonchev–Trinajstić information content (AvgIpc) is 3.24. The van der Waals surface area contributed by atoms with Crippen molar-refractivity contribution in [2.45, 2.75) is 13.1 Å². The zero-order valence-corrected chi connectivity index (χ0v) is 13.5. The molecule has 4 rings (SSSR count). The SMILES string of the molecule is O=C(Cn1ccnc1)Nc1cc2n(n1)CCN2c1cccc(Cl)c1. The molecule has 1 aliphatic heterocycles. The molecular weight excluding hydrogens is 328 g/mol. The smallest absolute Gasteiger partial charge is 0.245 e. The summed E-state index contributed by atoms with van der Waals surface area (Å²) in [6, 6.07) is 9.57. The Labute approximate surface area is 143 Å². The fourth-order valence-electron chi connectivity index (χ4n) is 2.79. The standard InChI is InChI=1S/C16H15ClN6O/c17-12-2-1-3-13(8-12)22-6-7-23-16(22)9-14(20-23)19-15(24)10-21-5-4-18-11-21/h1-5,8-9,11H,6-7,10H2,(H,19,20,24). The molecule has 7 nitrogen and oxygen atoms in total. The number of aromatic nitrogens is 4. The maximum Gasteiger partial charge on any atom is 0.245 e. The zero-order chi connectivity index (χ0) is 16.5. The summed E-state index contributed by atoms with van der Waals surface area (Å²) in [6.07, 6.45) is 4.99. The molecule has 3 heterocycles. The van der Waals surface area contributed by atoms with E-state index < -0.39 is 0 Å². The molecule has 8 heteroatoms. The van der Waals surface area contributed by atoms with Crippen molar-refractivity contribution in [3.63, 3.8) is 0 Å². The molecule has 1 aliphatic rings. The Kier molecular flexibility index (Phi) is 3.70.